The molecule has 1 N–H and O–H groups in total. The minimum Gasteiger partial charge on any atom is -0.379 e. The molecule has 1 aliphatic heterocycles. The Morgan fingerprint density at radius 1 is 0.872 bits per heavy atom. The standard InChI is InChI=1S/C33H40N4O2/c1-35(2)20-21-37-29-17-10-9-16-28(29)31(30(26-12-5-3-6-13-26)27-14-7-4-8-15-27)32(37)33(38)34-18-11-19-36-22-24-39-25-23-36/h3-10,12-17,30H,11,18-25H2,1-2H3,(H,34,38). The number of benzene rings is 3. The van der Waals surface area contributed by atoms with Crippen molar-refractivity contribution < 1.29 is 9.53 Å². The van der Waals surface area contributed by atoms with Crippen LogP contribution < -0.4 is 5.32 Å². The van der Waals surface area contributed by atoms with Crippen LogP contribution in [0.15, 0.2) is 84.9 Å². The highest BCUT2D eigenvalue weighted by Gasteiger charge is 2.30. The van der Waals surface area contributed by atoms with Gasteiger partial charge in [-0.1, -0.05) is 78.9 Å². The maximum absolute atomic E-state index is 14.1. The monoisotopic (exact) mass is 524 g/mol. The van der Waals surface area contributed by atoms with Crippen molar-refractivity contribution in [1.82, 2.24) is 19.7 Å². The summed E-state index contributed by atoms with van der Waals surface area (Å²) in [5.41, 5.74) is 5.31. The molecule has 0 bridgehead atoms. The van der Waals surface area contributed by atoms with E-state index in [1.807, 2.05) is 12.1 Å². The second kappa shape index (κ2) is 13.1. The van der Waals surface area contributed by atoms with Gasteiger partial charge in [0.25, 0.3) is 5.91 Å². The van der Waals surface area contributed by atoms with Gasteiger partial charge in [-0.25, -0.2) is 0 Å². The number of hydrogen-bond donors (Lipinski definition) is 1. The van der Waals surface area contributed by atoms with E-state index in [1.54, 1.807) is 0 Å². The zero-order valence-electron chi connectivity index (χ0n) is 23.2. The summed E-state index contributed by atoms with van der Waals surface area (Å²) < 4.78 is 7.71. The number of ether oxygens (including phenoxy) is 1. The molecule has 39 heavy (non-hydrogen) atoms. The first-order chi connectivity index (χ1) is 19.1. The van der Waals surface area contributed by atoms with Crippen LogP contribution in [0.25, 0.3) is 10.9 Å². The summed E-state index contributed by atoms with van der Waals surface area (Å²) in [4.78, 5) is 18.7. The molecule has 1 aliphatic rings. The Bertz CT molecular complexity index is 1300. The van der Waals surface area contributed by atoms with Crippen LogP contribution in [0.2, 0.25) is 0 Å². The van der Waals surface area contributed by atoms with Crippen LogP contribution in [0, 0.1) is 0 Å². The number of amides is 1. The van der Waals surface area contributed by atoms with Gasteiger partial charge in [-0.15, -0.1) is 0 Å². The molecule has 1 amide bonds. The number of rotatable bonds is 11. The lowest BCUT2D eigenvalue weighted by Gasteiger charge is -2.26. The molecule has 6 heteroatoms. The molecule has 2 heterocycles. The summed E-state index contributed by atoms with van der Waals surface area (Å²) in [5.74, 6) is -0.0641. The first-order valence-corrected chi connectivity index (χ1v) is 14.1. The first-order valence-electron chi connectivity index (χ1n) is 14.1. The van der Waals surface area contributed by atoms with Gasteiger partial charge in [-0.05, 0) is 44.3 Å². The van der Waals surface area contributed by atoms with E-state index < -0.39 is 0 Å². The van der Waals surface area contributed by atoms with Crippen LogP contribution in [0.3, 0.4) is 0 Å². The third-order valence-electron chi connectivity index (χ3n) is 7.59. The fraction of sp³-hybridized carbons (Fsp3) is 0.364. The summed E-state index contributed by atoms with van der Waals surface area (Å²) in [6, 6.07) is 29.6. The molecule has 1 saturated heterocycles. The first kappa shape index (κ1) is 27.1. The van der Waals surface area contributed by atoms with Gasteiger partial charge in [0.2, 0.25) is 0 Å². The highest BCUT2D eigenvalue weighted by atomic mass is 16.5. The Hall–Kier alpha value is -3.45. The molecule has 0 saturated carbocycles. The minimum atomic E-state index is -0.0630. The zero-order valence-corrected chi connectivity index (χ0v) is 23.2. The minimum absolute atomic E-state index is 0.00111. The van der Waals surface area contributed by atoms with Crippen molar-refractivity contribution >= 4 is 16.8 Å². The number of hydrogen-bond acceptors (Lipinski definition) is 4. The highest BCUT2D eigenvalue weighted by Crippen LogP contribution is 2.40. The number of fused-ring (bicyclic) bond motifs is 1. The number of aromatic nitrogens is 1. The fourth-order valence-electron chi connectivity index (χ4n) is 5.63. The second-order valence-corrected chi connectivity index (χ2v) is 10.6. The molecule has 1 fully saturated rings. The van der Waals surface area contributed by atoms with E-state index in [0.29, 0.717) is 6.54 Å². The lowest BCUT2D eigenvalue weighted by atomic mass is 9.83. The average molecular weight is 525 g/mol. The number of carbonyl (C=O) groups is 1. The van der Waals surface area contributed by atoms with Crippen LogP contribution >= 0.6 is 0 Å². The number of likely N-dealkylation sites (N-methyl/N-ethyl adjacent to an activating group) is 1. The van der Waals surface area contributed by atoms with Gasteiger partial charge in [0.05, 0.1) is 13.2 Å². The topological polar surface area (TPSA) is 49.7 Å². The summed E-state index contributed by atoms with van der Waals surface area (Å²) in [5, 5.41) is 4.43. The third-order valence-corrected chi connectivity index (χ3v) is 7.59. The fourth-order valence-corrected chi connectivity index (χ4v) is 5.63. The number of nitrogens with one attached hydrogen (secondary N) is 1. The molecule has 3 aromatic carbocycles. The van der Waals surface area contributed by atoms with E-state index in [0.717, 1.165) is 74.5 Å². The zero-order chi connectivity index (χ0) is 27.0. The summed E-state index contributed by atoms with van der Waals surface area (Å²) >= 11 is 0. The Morgan fingerprint density at radius 3 is 2.13 bits per heavy atom. The predicted octanol–water partition coefficient (Wildman–Crippen LogP) is 4.84. The molecule has 4 aromatic rings. The third kappa shape index (κ3) is 6.41. The Labute approximate surface area is 232 Å². The van der Waals surface area contributed by atoms with Crippen LogP contribution in [-0.4, -0.2) is 80.3 Å². The van der Waals surface area contributed by atoms with Crippen molar-refractivity contribution in [2.45, 2.75) is 18.9 Å². The van der Waals surface area contributed by atoms with Crippen molar-refractivity contribution in [3.05, 3.63) is 107 Å². The lowest BCUT2D eigenvalue weighted by Crippen LogP contribution is -2.38. The average Bonchev–Trinajstić information content (AvgIpc) is 3.30. The van der Waals surface area contributed by atoms with Crippen molar-refractivity contribution in [3.8, 4) is 0 Å². The molecular weight excluding hydrogens is 484 g/mol. The van der Waals surface area contributed by atoms with Crippen LogP contribution in [0.5, 0.6) is 0 Å². The smallest absolute Gasteiger partial charge is 0.268 e. The highest BCUT2D eigenvalue weighted by molar-refractivity contribution is 6.02. The van der Waals surface area contributed by atoms with Crippen molar-refractivity contribution in [1.29, 1.82) is 0 Å². The molecule has 1 aromatic heterocycles. The predicted molar refractivity (Wildman–Crippen MR) is 159 cm³/mol. The van der Waals surface area contributed by atoms with Gasteiger partial charge >= 0.3 is 0 Å². The molecular formula is C33H40N4O2. The largest absolute Gasteiger partial charge is 0.379 e. The van der Waals surface area contributed by atoms with Crippen LogP contribution in [-0.2, 0) is 11.3 Å². The normalized spacial score (nSPS) is 14.4. The summed E-state index contributed by atoms with van der Waals surface area (Å²) in [6.45, 7) is 6.71. The molecule has 0 atom stereocenters. The second-order valence-electron chi connectivity index (χ2n) is 10.6. The van der Waals surface area contributed by atoms with E-state index in [4.69, 9.17) is 4.74 Å². The number of para-hydroxylation sites is 1. The van der Waals surface area contributed by atoms with Crippen LogP contribution in [0.4, 0.5) is 0 Å². The van der Waals surface area contributed by atoms with E-state index >= 15 is 0 Å². The van der Waals surface area contributed by atoms with Crippen molar-refractivity contribution in [2.75, 3.05) is 60.0 Å². The van der Waals surface area contributed by atoms with Gasteiger partial charge in [0.15, 0.2) is 0 Å². The molecule has 0 unspecified atom stereocenters. The van der Waals surface area contributed by atoms with Gasteiger partial charge in [0.1, 0.15) is 5.69 Å². The van der Waals surface area contributed by atoms with E-state index in [9.17, 15) is 4.79 Å². The van der Waals surface area contributed by atoms with Gasteiger partial charge in [0, 0.05) is 55.1 Å². The van der Waals surface area contributed by atoms with Gasteiger partial charge < -0.3 is 19.5 Å². The Balaban J connectivity index is 1.56. The van der Waals surface area contributed by atoms with E-state index in [2.05, 4.69) is 107 Å². The molecule has 0 aliphatic carbocycles. The quantitative estimate of drug-likeness (QED) is 0.286. The SMILES string of the molecule is CN(C)CCn1c(C(=O)NCCCN2CCOCC2)c(C(c2ccccc2)c2ccccc2)c2ccccc21. The Morgan fingerprint density at radius 2 is 1.49 bits per heavy atom. The number of morpholine rings is 1. The lowest BCUT2D eigenvalue weighted by molar-refractivity contribution is 0.0374. The van der Waals surface area contributed by atoms with E-state index in [1.165, 1.54) is 11.1 Å². The molecule has 204 valence electrons. The van der Waals surface area contributed by atoms with Crippen LogP contribution in [0.1, 0.15) is 39.5 Å². The molecule has 5 rings (SSSR count). The summed E-state index contributed by atoms with van der Waals surface area (Å²) in [7, 11) is 4.16. The molecule has 0 spiro atoms. The molecule has 6 nitrogen and oxygen atoms in total. The number of nitrogens with zero attached hydrogens (tertiary/aromatic N) is 3. The van der Waals surface area contributed by atoms with Crippen molar-refractivity contribution in [3.63, 3.8) is 0 Å². The van der Waals surface area contributed by atoms with Gasteiger partial charge in [-0.3, -0.25) is 9.69 Å². The maximum Gasteiger partial charge on any atom is 0.268 e. The molecule has 0 radical (unpaired) electrons. The van der Waals surface area contributed by atoms with E-state index in [-0.39, 0.29) is 11.8 Å². The van der Waals surface area contributed by atoms with Crippen molar-refractivity contribution in [2.24, 2.45) is 0 Å². The maximum atomic E-state index is 14.1. The number of carbonyl (C=O) groups excluding carboxylic acids is 1. The van der Waals surface area contributed by atoms with Gasteiger partial charge in [-0.2, -0.15) is 0 Å². The summed E-state index contributed by atoms with van der Waals surface area (Å²) in [6.07, 6.45) is 0.916. The Kier molecular flexibility index (Phi) is 9.09.